The lowest BCUT2D eigenvalue weighted by Gasteiger charge is -2.29. The second-order valence-electron chi connectivity index (χ2n) is 16.0. The fourth-order valence-corrected chi connectivity index (χ4v) is 7.26. The molecule has 0 saturated heterocycles. The maximum atomic E-state index is 13.8. The van der Waals surface area contributed by atoms with Gasteiger partial charge >= 0.3 is 0 Å². The molecule has 6 heterocycles. The third-order valence-electron chi connectivity index (χ3n) is 10.9. The highest BCUT2D eigenvalue weighted by Crippen LogP contribution is 2.30. The van der Waals surface area contributed by atoms with Crippen molar-refractivity contribution in [1.82, 2.24) is 49.5 Å². The number of hydroxylamine groups is 1. The van der Waals surface area contributed by atoms with E-state index in [4.69, 9.17) is 19.3 Å². The van der Waals surface area contributed by atoms with Gasteiger partial charge in [-0.15, -0.1) is 0 Å². The first kappa shape index (κ1) is 44.2. The summed E-state index contributed by atoms with van der Waals surface area (Å²) in [4.78, 5) is 60.3. The zero-order chi connectivity index (χ0) is 44.7. The van der Waals surface area contributed by atoms with Gasteiger partial charge in [0.2, 0.25) is 5.88 Å². The Morgan fingerprint density at radius 2 is 1.57 bits per heavy atom. The number of hydrogen-bond donors (Lipinski definition) is 7. The fraction of sp³-hybridized carbons (Fsp3) is 0.429. The van der Waals surface area contributed by atoms with Gasteiger partial charge in [0.15, 0.2) is 11.3 Å². The molecule has 334 valence electrons. The minimum atomic E-state index is -0.887. The molecule has 0 aliphatic heterocycles. The minimum absolute atomic E-state index is 0.0423. The first-order chi connectivity index (χ1) is 30.4. The number of nitrogens with one attached hydrogen (secondary N) is 6. The van der Waals surface area contributed by atoms with E-state index in [9.17, 15) is 19.5 Å². The van der Waals surface area contributed by atoms with Gasteiger partial charge in [0.1, 0.15) is 45.8 Å². The maximum Gasteiger partial charge on any atom is 0.280 e. The minimum Gasteiger partial charge on any atom is -0.480 e. The molecule has 6 aromatic rings. The normalized spacial score (nSPS) is 15.8. The number of methoxy groups -OCH3 is 2. The van der Waals surface area contributed by atoms with E-state index in [-0.39, 0.29) is 59.2 Å². The molecule has 21 heteroatoms. The van der Waals surface area contributed by atoms with E-state index < -0.39 is 17.4 Å². The van der Waals surface area contributed by atoms with Crippen LogP contribution in [0.2, 0.25) is 0 Å². The molecule has 7 rings (SSSR count). The summed E-state index contributed by atoms with van der Waals surface area (Å²) in [5.41, 5.74) is 3.31. The Morgan fingerprint density at radius 1 is 0.921 bits per heavy atom. The van der Waals surface area contributed by atoms with Crippen LogP contribution in [0.3, 0.4) is 0 Å². The Hall–Kier alpha value is -6.84. The average Bonchev–Trinajstić information content (AvgIpc) is 3.93. The molecule has 1 aliphatic rings. The van der Waals surface area contributed by atoms with Crippen molar-refractivity contribution in [2.24, 2.45) is 5.92 Å². The Bertz CT molecular complexity index is 2620. The molecular weight excluding hydrogens is 813 g/mol. The number of pyridine rings is 2. The summed E-state index contributed by atoms with van der Waals surface area (Å²) >= 11 is 0. The van der Waals surface area contributed by atoms with E-state index in [2.05, 4.69) is 52.2 Å². The summed E-state index contributed by atoms with van der Waals surface area (Å²) < 4.78 is 15.7. The van der Waals surface area contributed by atoms with Crippen LogP contribution in [0, 0.1) is 5.92 Å². The molecule has 0 spiro atoms. The Morgan fingerprint density at radius 3 is 2.24 bits per heavy atom. The molecule has 21 nitrogen and oxygen atoms in total. The number of nitrogens with zero attached hydrogens (tertiary/aromatic N) is 8. The molecule has 2 amide bonds. The molecular formula is C42H54N14O7. The Kier molecular flexibility index (Phi) is 13.7. The van der Waals surface area contributed by atoms with Crippen LogP contribution in [0.1, 0.15) is 79.6 Å². The summed E-state index contributed by atoms with van der Waals surface area (Å²) in [7, 11) is 4.97. The quantitative estimate of drug-likeness (QED) is 0.0561. The lowest BCUT2D eigenvalue weighted by molar-refractivity contribution is -0.0726. The second-order valence-corrected chi connectivity index (χ2v) is 16.0. The van der Waals surface area contributed by atoms with E-state index in [0.717, 1.165) is 25.7 Å². The molecule has 1 atom stereocenters. The molecule has 7 N–H and O–H groups in total. The monoisotopic (exact) mass is 866 g/mol. The van der Waals surface area contributed by atoms with Crippen molar-refractivity contribution >= 4 is 57.8 Å². The van der Waals surface area contributed by atoms with Crippen LogP contribution in [0.25, 0.3) is 11.3 Å². The Labute approximate surface area is 362 Å². The molecule has 6 aromatic heterocycles. The summed E-state index contributed by atoms with van der Waals surface area (Å²) in [6, 6.07) is 10.6. The van der Waals surface area contributed by atoms with Gasteiger partial charge < -0.3 is 45.7 Å². The second kappa shape index (κ2) is 19.5. The van der Waals surface area contributed by atoms with E-state index >= 15 is 0 Å². The molecule has 0 aromatic carbocycles. The van der Waals surface area contributed by atoms with Gasteiger partial charge in [-0.25, -0.2) is 20.4 Å². The number of hydrogen-bond acceptors (Lipinski definition) is 16. The predicted octanol–water partition coefficient (Wildman–Crippen LogP) is 4.30. The van der Waals surface area contributed by atoms with Gasteiger partial charge in [-0.2, -0.15) is 19.2 Å². The van der Waals surface area contributed by atoms with Gasteiger partial charge in [-0.05, 0) is 76.1 Å². The van der Waals surface area contributed by atoms with Crippen LogP contribution in [-0.2, 0) is 9.57 Å². The highest BCUT2D eigenvalue weighted by atomic mass is 16.7. The molecule has 0 radical (unpaired) electrons. The number of aliphatic hydroxyl groups is 1. The Balaban J connectivity index is 1.06. The molecule has 1 fully saturated rings. The largest absolute Gasteiger partial charge is 0.480 e. The smallest absolute Gasteiger partial charge is 0.280 e. The number of aliphatic hydroxyl groups excluding tert-OH is 1. The number of carbonyl (C=O) groups is 2. The van der Waals surface area contributed by atoms with Gasteiger partial charge in [0, 0.05) is 64.4 Å². The summed E-state index contributed by atoms with van der Waals surface area (Å²) in [6.07, 6.45) is 10.2. The summed E-state index contributed by atoms with van der Waals surface area (Å²) in [5, 5.41) is 34.0. The van der Waals surface area contributed by atoms with Gasteiger partial charge in [-0.3, -0.25) is 19.2 Å². The van der Waals surface area contributed by atoms with Crippen LogP contribution < -0.4 is 42.4 Å². The lowest BCUT2D eigenvalue weighted by atomic mass is 9.92. The number of rotatable bonds is 19. The van der Waals surface area contributed by atoms with Crippen molar-refractivity contribution in [2.75, 3.05) is 62.2 Å². The zero-order valence-corrected chi connectivity index (χ0v) is 36.1. The first-order valence-corrected chi connectivity index (χ1v) is 20.8. The highest BCUT2D eigenvalue weighted by Gasteiger charge is 2.26. The highest BCUT2D eigenvalue weighted by molar-refractivity contribution is 6.00. The van der Waals surface area contributed by atoms with Crippen LogP contribution in [0.15, 0.2) is 66.0 Å². The molecule has 1 aliphatic carbocycles. The number of anilines is 6. The van der Waals surface area contributed by atoms with Crippen molar-refractivity contribution in [1.29, 1.82) is 0 Å². The number of ether oxygens (including phenoxy) is 2. The van der Waals surface area contributed by atoms with Crippen LogP contribution in [0.4, 0.5) is 34.6 Å². The summed E-state index contributed by atoms with van der Waals surface area (Å²) in [6.45, 7) is 5.97. The first-order valence-electron chi connectivity index (χ1n) is 20.8. The zero-order valence-electron chi connectivity index (χ0n) is 36.1. The lowest BCUT2D eigenvalue weighted by Crippen LogP contribution is -2.37. The number of carbonyl (C=O) groups excluding carboxylic acids is 2. The van der Waals surface area contributed by atoms with E-state index in [1.807, 2.05) is 26.8 Å². The van der Waals surface area contributed by atoms with Crippen LogP contribution in [-0.4, -0.2) is 108 Å². The third-order valence-corrected chi connectivity index (χ3v) is 10.9. The molecule has 63 heavy (non-hydrogen) atoms. The standard InChI is InChI=1S/C42H54N14O7/c1-25(24-57)21-46-38(58)28-22-48-56-35(20-33(52-36(28)56)50-31-10-8-18-54(41(31)60)26-11-13-27(61-5)14-12-26)44-17-15-42(2,3)63-53-39(59)29-23-47-55-34(43-4)19-32(51-37(29)55)49-30-9-7-16-45-40(30)62-6/h7-10,16,18-20,22-23,25-27,43-44,57H,11-15,17,21,24H2,1-6H3,(H,46,58)(H,49,51)(H,50,52)(H,53,59). The number of amides is 2. The van der Waals surface area contributed by atoms with E-state index in [1.165, 1.54) is 28.5 Å². The van der Waals surface area contributed by atoms with Gasteiger partial charge in [-0.1, -0.05) is 6.92 Å². The number of aromatic nitrogens is 8. The van der Waals surface area contributed by atoms with Crippen molar-refractivity contribution in [2.45, 2.75) is 70.6 Å². The predicted molar refractivity (Wildman–Crippen MR) is 236 cm³/mol. The average molecular weight is 867 g/mol. The fourth-order valence-electron chi connectivity index (χ4n) is 7.26. The third kappa shape index (κ3) is 10.1. The van der Waals surface area contributed by atoms with Crippen molar-refractivity contribution in [3.05, 3.63) is 82.7 Å². The molecule has 1 unspecified atom stereocenters. The van der Waals surface area contributed by atoms with Crippen molar-refractivity contribution in [3.8, 4) is 5.88 Å². The van der Waals surface area contributed by atoms with E-state index in [1.54, 1.807) is 61.5 Å². The van der Waals surface area contributed by atoms with Crippen molar-refractivity contribution in [3.63, 3.8) is 0 Å². The molecule has 1 saturated carbocycles. The SMILES string of the molecule is CNc1cc(Nc2cccnc2OC)nc2c(C(=O)NOC(C)(C)CCNc3cc(Nc4cccn(C5CCC(OC)CC5)c4=O)nc4c(C(=O)NCC(C)CO)cnn34)cnn12. The van der Waals surface area contributed by atoms with E-state index in [0.29, 0.717) is 53.5 Å². The topological polar surface area (TPSA) is 250 Å². The van der Waals surface area contributed by atoms with Gasteiger partial charge in [0.05, 0.1) is 31.2 Å². The van der Waals surface area contributed by atoms with Gasteiger partial charge in [0.25, 0.3) is 17.4 Å². The maximum absolute atomic E-state index is 13.8. The van der Waals surface area contributed by atoms with Crippen molar-refractivity contribution < 1.29 is 29.0 Å². The number of fused-ring (bicyclic) bond motifs is 2. The van der Waals surface area contributed by atoms with Crippen LogP contribution >= 0.6 is 0 Å². The molecule has 0 bridgehead atoms. The summed E-state index contributed by atoms with van der Waals surface area (Å²) in [5.74, 6) is 1.04. The van der Waals surface area contributed by atoms with Crippen LogP contribution in [0.5, 0.6) is 5.88 Å².